The average molecular weight is 491 g/mol. The monoisotopic (exact) mass is 490 g/mol. The van der Waals surface area contributed by atoms with E-state index in [2.05, 4.69) is 122 Å². The Balaban J connectivity index is 1.69. The molecule has 0 spiro atoms. The molecule has 5 nitrogen and oxygen atoms in total. The van der Waals surface area contributed by atoms with E-state index in [4.69, 9.17) is 9.41 Å². The second-order valence-electron chi connectivity index (χ2n) is 12.0. The number of benzene rings is 2. The predicted octanol–water partition coefficient (Wildman–Crippen LogP) is 5.86. The minimum absolute atomic E-state index is 0.0276. The number of imidazole rings is 1. The van der Waals surface area contributed by atoms with Gasteiger partial charge < -0.3 is 19.6 Å². The minimum Gasteiger partial charge on any atom is -0.409 e. The molecule has 1 unspecified atom stereocenters. The van der Waals surface area contributed by atoms with Gasteiger partial charge in [-0.05, 0) is 43.6 Å². The van der Waals surface area contributed by atoms with Crippen molar-refractivity contribution in [2.75, 3.05) is 19.6 Å². The van der Waals surface area contributed by atoms with Crippen LogP contribution in [0.25, 0.3) is 11.3 Å². The molecule has 0 aliphatic carbocycles. The number of aromatic nitrogens is 2. The quantitative estimate of drug-likeness (QED) is 0.369. The fraction of sp³-hybridized carbons (Fsp3) is 0.483. The molecule has 0 radical (unpaired) electrons. The van der Waals surface area contributed by atoms with Gasteiger partial charge >= 0.3 is 0 Å². The minimum atomic E-state index is -1.69. The van der Waals surface area contributed by atoms with Crippen LogP contribution in [0, 0.1) is 5.41 Å². The summed E-state index contributed by atoms with van der Waals surface area (Å²) in [5.41, 5.74) is 3.25. The molecule has 0 bridgehead atoms. The molecule has 1 saturated heterocycles. The lowest BCUT2D eigenvalue weighted by Crippen LogP contribution is -2.52. The summed E-state index contributed by atoms with van der Waals surface area (Å²) in [7, 11) is -1.69. The lowest BCUT2D eigenvalue weighted by molar-refractivity contribution is 0.0699. The average Bonchev–Trinajstić information content (AvgIpc) is 3.41. The third-order valence-corrected chi connectivity index (χ3v) is 7.60. The van der Waals surface area contributed by atoms with Crippen molar-refractivity contribution in [3.05, 3.63) is 78.2 Å². The van der Waals surface area contributed by atoms with Crippen molar-refractivity contribution in [1.29, 1.82) is 0 Å². The molecule has 188 valence electrons. The van der Waals surface area contributed by atoms with E-state index in [1.807, 2.05) is 0 Å². The predicted molar refractivity (Wildman–Crippen MR) is 148 cm³/mol. The van der Waals surface area contributed by atoms with Crippen LogP contribution in [0.5, 0.6) is 0 Å². The Kier molecular flexibility index (Phi) is 7.67. The number of nitrogens with zero attached hydrogens (tertiary/aromatic N) is 2. The van der Waals surface area contributed by atoms with Gasteiger partial charge in [0.2, 0.25) is 0 Å². The molecule has 1 aliphatic heterocycles. The summed E-state index contributed by atoms with van der Waals surface area (Å²) in [6.45, 7) is 17.3. The summed E-state index contributed by atoms with van der Waals surface area (Å²) in [4.78, 5) is 5.24. The number of hydrogen-bond donors (Lipinski definition) is 2. The first kappa shape index (κ1) is 25.8. The molecule has 1 aromatic heterocycles. The van der Waals surface area contributed by atoms with Crippen LogP contribution in [-0.4, -0.2) is 43.1 Å². The molecule has 2 atom stereocenters. The highest BCUT2D eigenvalue weighted by molar-refractivity contribution is 6.69. The summed E-state index contributed by atoms with van der Waals surface area (Å²) in [5, 5.41) is 7.49. The van der Waals surface area contributed by atoms with Crippen LogP contribution in [0.3, 0.4) is 0 Å². The van der Waals surface area contributed by atoms with Gasteiger partial charge in [-0.3, -0.25) is 0 Å². The van der Waals surface area contributed by atoms with E-state index in [1.54, 1.807) is 0 Å². The van der Waals surface area contributed by atoms with Crippen molar-refractivity contribution >= 4 is 8.32 Å². The van der Waals surface area contributed by atoms with Crippen LogP contribution in [0.15, 0.2) is 66.9 Å². The molecule has 0 amide bonds. The molecule has 3 aromatic rings. The molecular weight excluding hydrogens is 448 g/mol. The van der Waals surface area contributed by atoms with Crippen molar-refractivity contribution in [3.63, 3.8) is 0 Å². The number of hydrogen-bond acceptors (Lipinski definition) is 4. The van der Waals surface area contributed by atoms with Crippen molar-refractivity contribution in [2.24, 2.45) is 5.41 Å². The van der Waals surface area contributed by atoms with Crippen molar-refractivity contribution in [1.82, 2.24) is 20.2 Å². The van der Waals surface area contributed by atoms with E-state index in [9.17, 15) is 0 Å². The maximum Gasteiger partial charge on any atom is 0.184 e. The standard InChI is InChI=1S/C29H42N4OSi/c1-28(2,3)26(31-22-29(17-18-30-21-29)34-35(4,5)6)27-32-25(24-15-11-8-12-16-24)20-33(27)19-23-13-9-7-10-14-23/h7-16,20,26,30-31H,17-19,21-22H2,1-6H3/t26-,29?/m0/s1. The van der Waals surface area contributed by atoms with Gasteiger partial charge in [-0.1, -0.05) is 81.4 Å². The lowest BCUT2D eigenvalue weighted by atomic mass is 9.85. The Bertz CT molecular complexity index is 1080. The smallest absolute Gasteiger partial charge is 0.184 e. The maximum atomic E-state index is 6.77. The van der Waals surface area contributed by atoms with E-state index in [0.29, 0.717) is 0 Å². The van der Waals surface area contributed by atoms with E-state index in [-0.39, 0.29) is 17.1 Å². The van der Waals surface area contributed by atoms with Crippen molar-refractivity contribution < 1.29 is 4.43 Å². The Morgan fingerprint density at radius 3 is 2.29 bits per heavy atom. The first-order valence-electron chi connectivity index (χ1n) is 12.9. The molecule has 0 saturated carbocycles. The molecule has 1 aliphatic rings. The molecule has 1 fully saturated rings. The van der Waals surface area contributed by atoms with Gasteiger partial charge in [0.1, 0.15) is 5.82 Å². The highest BCUT2D eigenvalue weighted by Gasteiger charge is 2.41. The molecule has 4 rings (SSSR count). The SMILES string of the molecule is CC(C)(C)[C@@H](NCC1(O[Si](C)(C)C)CCNC1)c1nc(-c2ccccc2)cn1Cc1ccccc1. The first-order chi connectivity index (χ1) is 16.5. The normalized spacial score (nSPS) is 19.7. The summed E-state index contributed by atoms with van der Waals surface area (Å²) < 4.78 is 9.11. The van der Waals surface area contributed by atoms with Crippen molar-refractivity contribution in [2.45, 2.75) is 65.0 Å². The topological polar surface area (TPSA) is 51.1 Å². The number of rotatable bonds is 9. The molecular formula is C29H42N4OSi. The summed E-state index contributed by atoms with van der Waals surface area (Å²) in [6.07, 6.45) is 3.25. The highest BCUT2D eigenvalue weighted by atomic mass is 28.4. The zero-order chi connectivity index (χ0) is 25.1. The van der Waals surface area contributed by atoms with Crippen LogP contribution < -0.4 is 10.6 Å². The largest absolute Gasteiger partial charge is 0.409 e. The van der Waals surface area contributed by atoms with Crippen LogP contribution in [0.1, 0.15) is 44.6 Å². The Morgan fingerprint density at radius 2 is 1.71 bits per heavy atom. The van der Waals surface area contributed by atoms with Gasteiger partial charge in [0.25, 0.3) is 0 Å². The van der Waals surface area contributed by atoms with Gasteiger partial charge in [0.15, 0.2) is 8.32 Å². The van der Waals surface area contributed by atoms with Gasteiger partial charge in [-0.15, -0.1) is 0 Å². The van der Waals surface area contributed by atoms with E-state index in [1.165, 1.54) is 5.56 Å². The van der Waals surface area contributed by atoms with Gasteiger partial charge in [0, 0.05) is 31.4 Å². The van der Waals surface area contributed by atoms with Gasteiger partial charge in [-0.25, -0.2) is 4.98 Å². The summed E-state index contributed by atoms with van der Waals surface area (Å²) in [6, 6.07) is 21.2. The molecule has 2 aromatic carbocycles. The molecule has 35 heavy (non-hydrogen) atoms. The van der Waals surface area contributed by atoms with Crippen LogP contribution in [0.4, 0.5) is 0 Å². The molecule has 6 heteroatoms. The van der Waals surface area contributed by atoms with E-state index in [0.717, 1.165) is 49.7 Å². The highest BCUT2D eigenvalue weighted by Crippen LogP contribution is 2.35. The molecule has 2 N–H and O–H groups in total. The van der Waals surface area contributed by atoms with E-state index < -0.39 is 8.32 Å². The van der Waals surface area contributed by atoms with Crippen LogP contribution >= 0.6 is 0 Å². The first-order valence-corrected chi connectivity index (χ1v) is 16.3. The maximum absolute atomic E-state index is 6.77. The van der Waals surface area contributed by atoms with Gasteiger partial charge in [-0.2, -0.15) is 0 Å². The van der Waals surface area contributed by atoms with Gasteiger partial charge in [0.05, 0.1) is 17.3 Å². The Labute approximate surface area is 212 Å². The Hall–Kier alpha value is -2.25. The zero-order valence-electron chi connectivity index (χ0n) is 22.3. The van der Waals surface area contributed by atoms with Crippen molar-refractivity contribution in [3.8, 4) is 11.3 Å². The third-order valence-electron chi connectivity index (χ3n) is 6.55. The number of nitrogens with one attached hydrogen (secondary N) is 2. The van der Waals surface area contributed by atoms with E-state index >= 15 is 0 Å². The fourth-order valence-electron chi connectivity index (χ4n) is 5.03. The van der Waals surface area contributed by atoms with Crippen LogP contribution in [0.2, 0.25) is 19.6 Å². The second-order valence-corrected chi connectivity index (χ2v) is 16.4. The fourth-order valence-corrected chi connectivity index (χ4v) is 6.58. The third kappa shape index (κ3) is 6.70. The summed E-state index contributed by atoms with van der Waals surface area (Å²) in [5.74, 6) is 1.08. The lowest BCUT2D eigenvalue weighted by Gasteiger charge is -2.39. The zero-order valence-corrected chi connectivity index (χ0v) is 23.3. The second kappa shape index (κ2) is 10.4. The Morgan fingerprint density at radius 1 is 1.06 bits per heavy atom. The molecule has 2 heterocycles. The van der Waals surface area contributed by atoms with Crippen LogP contribution in [-0.2, 0) is 11.0 Å². The summed E-state index contributed by atoms with van der Waals surface area (Å²) >= 11 is 0.